The van der Waals surface area contributed by atoms with E-state index < -0.39 is 11.6 Å². The number of thiophene rings is 1. The first kappa shape index (κ1) is 16.9. The number of piperidine rings is 1. The molecule has 2 aromatic heterocycles. The summed E-state index contributed by atoms with van der Waals surface area (Å²) in [6.07, 6.45) is 3.42. The molecule has 3 aromatic rings. The molecule has 1 saturated heterocycles. The fraction of sp³-hybridized carbons (Fsp3) is 0.263. The molecule has 1 aliphatic heterocycles. The Morgan fingerprint density at radius 1 is 1.23 bits per heavy atom. The van der Waals surface area contributed by atoms with Gasteiger partial charge in [0.05, 0.1) is 5.92 Å². The molecule has 134 valence electrons. The van der Waals surface area contributed by atoms with E-state index in [1.807, 2.05) is 17.5 Å². The van der Waals surface area contributed by atoms with Gasteiger partial charge in [-0.3, -0.25) is 4.79 Å². The van der Waals surface area contributed by atoms with Crippen molar-refractivity contribution >= 4 is 38.8 Å². The molecular weight excluding hydrogens is 356 g/mol. The first-order valence-corrected chi connectivity index (χ1v) is 9.33. The first-order valence-electron chi connectivity index (χ1n) is 8.45. The fourth-order valence-corrected chi connectivity index (χ4v) is 4.11. The molecule has 0 aliphatic carbocycles. The van der Waals surface area contributed by atoms with Crippen LogP contribution in [0.25, 0.3) is 10.1 Å². The van der Waals surface area contributed by atoms with Gasteiger partial charge in [-0.25, -0.2) is 13.8 Å². The van der Waals surface area contributed by atoms with E-state index in [2.05, 4.69) is 15.2 Å². The number of nitrogens with zero attached hydrogens (tertiary/aromatic N) is 2. The Hall–Kier alpha value is -2.54. The molecule has 1 N–H and O–H groups in total. The van der Waals surface area contributed by atoms with Gasteiger partial charge in [-0.05, 0) is 42.5 Å². The molecule has 1 aromatic carbocycles. The van der Waals surface area contributed by atoms with Gasteiger partial charge in [-0.1, -0.05) is 0 Å². The molecule has 1 fully saturated rings. The van der Waals surface area contributed by atoms with Crippen molar-refractivity contribution in [3.8, 4) is 0 Å². The van der Waals surface area contributed by atoms with Gasteiger partial charge >= 0.3 is 0 Å². The number of fused-ring (bicyclic) bond motifs is 1. The highest BCUT2D eigenvalue weighted by Crippen LogP contribution is 2.31. The lowest BCUT2D eigenvalue weighted by atomic mass is 9.96. The van der Waals surface area contributed by atoms with E-state index in [0.29, 0.717) is 6.54 Å². The maximum absolute atomic E-state index is 13.3. The SMILES string of the molecule is O=C(Nc1ccc(F)c(F)c1)[C@@H]1CCCN(c2nccc3sccc23)C1. The van der Waals surface area contributed by atoms with Crippen molar-refractivity contribution in [1.82, 2.24) is 4.98 Å². The highest BCUT2D eigenvalue weighted by atomic mass is 32.1. The van der Waals surface area contributed by atoms with Crippen LogP contribution in [0.1, 0.15) is 12.8 Å². The summed E-state index contributed by atoms with van der Waals surface area (Å²) in [6.45, 7) is 1.40. The van der Waals surface area contributed by atoms with Crippen LogP contribution in [0, 0.1) is 17.6 Å². The molecule has 1 aliphatic rings. The van der Waals surface area contributed by atoms with Crippen LogP contribution >= 0.6 is 11.3 Å². The van der Waals surface area contributed by atoms with Crippen LogP contribution < -0.4 is 10.2 Å². The molecule has 0 radical (unpaired) electrons. The Morgan fingerprint density at radius 2 is 2.12 bits per heavy atom. The monoisotopic (exact) mass is 373 g/mol. The molecule has 3 heterocycles. The number of carbonyl (C=O) groups is 1. The minimum Gasteiger partial charge on any atom is -0.355 e. The first-order chi connectivity index (χ1) is 12.6. The number of amides is 1. The number of pyridine rings is 1. The molecule has 1 atom stereocenters. The van der Waals surface area contributed by atoms with Crippen molar-refractivity contribution in [2.45, 2.75) is 12.8 Å². The number of carbonyl (C=O) groups excluding carboxylic acids is 1. The van der Waals surface area contributed by atoms with Crippen LogP contribution in [-0.4, -0.2) is 24.0 Å². The van der Waals surface area contributed by atoms with Gasteiger partial charge in [0, 0.05) is 41.1 Å². The number of anilines is 2. The maximum atomic E-state index is 13.3. The second-order valence-electron chi connectivity index (χ2n) is 6.37. The third-order valence-corrected chi connectivity index (χ3v) is 5.52. The van der Waals surface area contributed by atoms with E-state index in [4.69, 9.17) is 0 Å². The number of nitrogens with one attached hydrogen (secondary N) is 1. The second kappa shape index (κ2) is 6.99. The van der Waals surface area contributed by atoms with Crippen molar-refractivity contribution in [1.29, 1.82) is 0 Å². The summed E-state index contributed by atoms with van der Waals surface area (Å²) in [4.78, 5) is 19.2. The number of benzene rings is 1. The number of hydrogen-bond donors (Lipinski definition) is 1. The van der Waals surface area contributed by atoms with Gasteiger partial charge in [-0.15, -0.1) is 11.3 Å². The third kappa shape index (κ3) is 3.26. The zero-order valence-corrected chi connectivity index (χ0v) is 14.7. The van der Waals surface area contributed by atoms with Gasteiger partial charge in [-0.2, -0.15) is 0 Å². The quantitative estimate of drug-likeness (QED) is 0.739. The lowest BCUT2D eigenvalue weighted by Gasteiger charge is -2.33. The summed E-state index contributed by atoms with van der Waals surface area (Å²) < 4.78 is 27.5. The average molecular weight is 373 g/mol. The second-order valence-corrected chi connectivity index (χ2v) is 7.32. The van der Waals surface area contributed by atoms with Gasteiger partial charge in [0.25, 0.3) is 0 Å². The van der Waals surface area contributed by atoms with Crippen molar-refractivity contribution in [3.05, 3.63) is 53.5 Å². The molecular formula is C19H17F2N3OS. The lowest BCUT2D eigenvalue weighted by Crippen LogP contribution is -2.41. The Morgan fingerprint density at radius 3 is 2.96 bits per heavy atom. The smallest absolute Gasteiger partial charge is 0.229 e. The van der Waals surface area contributed by atoms with E-state index in [9.17, 15) is 13.6 Å². The van der Waals surface area contributed by atoms with Crippen LogP contribution in [0.4, 0.5) is 20.3 Å². The number of halogens is 2. The van der Waals surface area contributed by atoms with Crippen LogP contribution in [0.3, 0.4) is 0 Å². The van der Waals surface area contributed by atoms with E-state index in [-0.39, 0.29) is 17.5 Å². The molecule has 26 heavy (non-hydrogen) atoms. The third-order valence-electron chi connectivity index (χ3n) is 4.64. The van der Waals surface area contributed by atoms with Crippen LogP contribution in [0.15, 0.2) is 41.9 Å². The average Bonchev–Trinajstić information content (AvgIpc) is 3.13. The summed E-state index contributed by atoms with van der Waals surface area (Å²) in [5, 5.41) is 5.82. The van der Waals surface area contributed by atoms with E-state index in [1.54, 1.807) is 17.5 Å². The molecule has 1 amide bonds. The minimum absolute atomic E-state index is 0.182. The Bertz CT molecular complexity index is 959. The van der Waals surface area contributed by atoms with Crippen LogP contribution in [0.5, 0.6) is 0 Å². The highest BCUT2D eigenvalue weighted by Gasteiger charge is 2.27. The summed E-state index contributed by atoms with van der Waals surface area (Å²) >= 11 is 1.66. The van der Waals surface area contributed by atoms with Gasteiger partial charge < -0.3 is 10.2 Å². The molecule has 0 spiro atoms. The molecule has 7 heteroatoms. The van der Waals surface area contributed by atoms with Gasteiger partial charge in [0.15, 0.2) is 11.6 Å². The van der Waals surface area contributed by atoms with Crippen molar-refractivity contribution in [2.24, 2.45) is 5.92 Å². The summed E-state index contributed by atoms with van der Waals surface area (Å²) in [6, 6.07) is 7.42. The Labute approximate surface area is 153 Å². The topological polar surface area (TPSA) is 45.2 Å². The molecule has 4 nitrogen and oxygen atoms in total. The Kier molecular flexibility index (Phi) is 4.55. The van der Waals surface area contributed by atoms with E-state index in [0.717, 1.165) is 42.7 Å². The summed E-state index contributed by atoms with van der Waals surface area (Å²) in [5.41, 5.74) is 0.268. The normalized spacial score (nSPS) is 17.5. The molecule has 0 saturated carbocycles. The minimum atomic E-state index is -0.971. The zero-order valence-electron chi connectivity index (χ0n) is 13.9. The number of hydrogen-bond acceptors (Lipinski definition) is 4. The largest absolute Gasteiger partial charge is 0.355 e. The predicted octanol–water partition coefficient (Wildman–Crippen LogP) is 4.43. The standard InChI is InChI=1S/C19H17F2N3OS/c20-15-4-3-13(10-16(15)21)23-19(25)12-2-1-8-24(11-12)18-14-6-9-26-17(14)5-7-22-18/h3-7,9-10,12H,1-2,8,11H2,(H,23,25)/t12-/m1/s1. The highest BCUT2D eigenvalue weighted by molar-refractivity contribution is 7.17. The van der Waals surface area contributed by atoms with Gasteiger partial charge in [0.1, 0.15) is 5.82 Å². The number of rotatable bonds is 3. The lowest BCUT2D eigenvalue weighted by molar-refractivity contribution is -0.120. The Balaban J connectivity index is 1.50. The molecule has 4 rings (SSSR count). The van der Waals surface area contributed by atoms with Crippen molar-refractivity contribution in [3.63, 3.8) is 0 Å². The van der Waals surface area contributed by atoms with E-state index in [1.165, 1.54) is 10.8 Å². The summed E-state index contributed by atoms with van der Waals surface area (Å²) in [7, 11) is 0. The molecule has 0 bridgehead atoms. The summed E-state index contributed by atoms with van der Waals surface area (Å²) in [5.74, 6) is -1.41. The number of aromatic nitrogens is 1. The fourth-order valence-electron chi connectivity index (χ4n) is 3.33. The predicted molar refractivity (Wildman–Crippen MR) is 99.5 cm³/mol. The zero-order chi connectivity index (χ0) is 18.1. The molecule has 0 unspecified atom stereocenters. The van der Waals surface area contributed by atoms with Crippen molar-refractivity contribution < 1.29 is 13.6 Å². The van der Waals surface area contributed by atoms with Crippen LogP contribution in [0.2, 0.25) is 0 Å². The van der Waals surface area contributed by atoms with Crippen molar-refractivity contribution in [2.75, 3.05) is 23.3 Å². The van der Waals surface area contributed by atoms with E-state index >= 15 is 0 Å². The maximum Gasteiger partial charge on any atom is 0.229 e. The van der Waals surface area contributed by atoms with Gasteiger partial charge in [0.2, 0.25) is 5.91 Å². The van der Waals surface area contributed by atoms with Crippen LogP contribution in [-0.2, 0) is 4.79 Å².